The van der Waals surface area contributed by atoms with E-state index in [0.717, 1.165) is 36.7 Å². The number of fused-ring (bicyclic) bond motifs is 1. The van der Waals surface area contributed by atoms with Crippen LogP contribution in [0.25, 0.3) is 0 Å². The van der Waals surface area contributed by atoms with Crippen LogP contribution >= 0.6 is 0 Å². The van der Waals surface area contributed by atoms with Gasteiger partial charge in [-0.2, -0.15) is 0 Å². The Morgan fingerprint density at radius 1 is 1.05 bits per heavy atom. The predicted octanol–water partition coefficient (Wildman–Crippen LogP) is 3.91. The Kier molecular flexibility index (Phi) is 3.20. The van der Waals surface area contributed by atoms with Gasteiger partial charge in [0.15, 0.2) is 0 Å². The molecular formula is C16H15F2N. The number of aryl methyl sites for hydroxylation is 1. The third-order valence-electron chi connectivity index (χ3n) is 3.48. The first-order valence-corrected chi connectivity index (χ1v) is 6.52. The molecule has 1 heterocycles. The summed E-state index contributed by atoms with van der Waals surface area (Å²) in [7, 11) is 0. The maximum atomic E-state index is 13.2. The van der Waals surface area contributed by atoms with E-state index in [-0.39, 0.29) is 0 Å². The zero-order valence-electron chi connectivity index (χ0n) is 10.5. The van der Waals surface area contributed by atoms with Crippen LogP contribution in [0.5, 0.6) is 0 Å². The van der Waals surface area contributed by atoms with E-state index in [0.29, 0.717) is 12.0 Å². The lowest BCUT2D eigenvalue weighted by Gasteiger charge is -2.21. The highest BCUT2D eigenvalue weighted by molar-refractivity contribution is 5.60. The van der Waals surface area contributed by atoms with E-state index in [1.165, 1.54) is 17.7 Å². The molecule has 0 unspecified atom stereocenters. The molecule has 1 aliphatic rings. The van der Waals surface area contributed by atoms with E-state index in [9.17, 15) is 8.78 Å². The summed E-state index contributed by atoms with van der Waals surface area (Å²) in [5, 5.41) is 3.39. The van der Waals surface area contributed by atoms with Gasteiger partial charge in [0.25, 0.3) is 0 Å². The van der Waals surface area contributed by atoms with Crippen molar-refractivity contribution in [3.05, 3.63) is 64.7 Å². The molecule has 0 amide bonds. The Hall–Kier alpha value is -1.90. The zero-order chi connectivity index (χ0) is 13.2. The highest BCUT2D eigenvalue weighted by atomic mass is 19.1. The number of hydrogen-bond donors (Lipinski definition) is 1. The Morgan fingerprint density at radius 3 is 2.63 bits per heavy atom. The van der Waals surface area contributed by atoms with Crippen molar-refractivity contribution in [1.29, 1.82) is 0 Å². The molecule has 0 spiro atoms. The third kappa shape index (κ3) is 2.60. The summed E-state index contributed by atoms with van der Waals surface area (Å²) in [6.07, 6.45) is 2.74. The molecular weight excluding hydrogens is 244 g/mol. The summed E-state index contributed by atoms with van der Waals surface area (Å²) in [6.45, 7) is 0.960. The number of halogens is 2. The molecule has 0 aromatic heterocycles. The molecule has 0 saturated carbocycles. The predicted molar refractivity (Wildman–Crippen MR) is 72.4 cm³/mol. The number of anilines is 1. The molecule has 1 nitrogen and oxygen atoms in total. The second-order valence-electron chi connectivity index (χ2n) is 4.94. The van der Waals surface area contributed by atoms with E-state index in [4.69, 9.17) is 0 Å². The van der Waals surface area contributed by atoms with E-state index < -0.39 is 11.6 Å². The molecule has 2 aromatic rings. The van der Waals surface area contributed by atoms with Gasteiger partial charge in [0.1, 0.15) is 11.6 Å². The average molecular weight is 259 g/mol. The van der Waals surface area contributed by atoms with Crippen molar-refractivity contribution < 1.29 is 8.78 Å². The number of benzene rings is 2. The van der Waals surface area contributed by atoms with Crippen LogP contribution in [0.1, 0.15) is 23.1 Å². The van der Waals surface area contributed by atoms with Gasteiger partial charge in [-0.3, -0.25) is 0 Å². The third-order valence-corrected chi connectivity index (χ3v) is 3.48. The Bertz CT molecular complexity index is 587. The van der Waals surface area contributed by atoms with Crippen molar-refractivity contribution >= 4 is 5.69 Å². The lowest BCUT2D eigenvalue weighted by Crippen LogP contribution is -2.13. The maximum absolute atomic E-state index is 13.2. The minimum Gasteiger partial charge on any atom is -0.385 e. The standard InChI is InChI=1S/C16H15F2N/c17-14-8-11(9-15(18)10-14)7-13-4-1-3-12-5-2-6-19-16(12)13/h1,3-4,8-10,19H,2,5-7H2. The van der Waals surface area contributed by atoms with Gasteiger partial charge in [-0.15, -0.1) is 0 Å². The fourth-order valence-corrected chi connectivity index (χ4v) is 2.66. The fourth-order valence-electron chi connectivity index (χ4n) is 2.66. The molecule has 0 atom stereocenters. The highest BCUT2D eigenvalue weighted by Gasteiger charge is 2.13. The highest BCUT2D eigenvalue weighted by Crippen LogP contribution is 2.28. The van der Waals surface area contributed by atoms with Crippen LogP contribution < -0.4 is 5.32 Å². The van der Waals surface area contributed by atoms with Crippen LogP contribution in [0.15, 0.2) is 36.4 Å². The number of nitrogens with one attached hydrogen (secondary N) is 1. The summed E-state index contributed by atoms with van der Waals surface area (Å²) in [4.78, 5) is 0. The molecule has 0 bridgehead atoms. The summed E-state index contributed by atoms with van der Waals surface area (Å²) < 4.78 is 26.4. The quantitative estimate of drug-likeness (QED) is 0.862. The molecule has 1 aliphatic heterocycles. The largest absolute Gasteiger partial charge is 0.385 e. The van der Waals surface area contributed by atoms with Gasteiger partial charge in [-0.1, -0.05) is 18.2 Å². The van der Waals surface area contributed by atoms with E-state index in [2.05, 4.69) is 11.4 Å². The lowest BCUT2D eigenvalue weighted by molar-refractivity contribution is 0.580. The van der Waals surface area contributed by atoms with Crippen molar-refractivity contribution in [3.63, 3.8) is 0 Å². The van der Waals surface area contributed by atoms with Crippen LogP contribution in [0.2, 0.25) is 0 Å². The molecule has 98 valence electrons. The molecule has 3 rings (SSSR count). The number of rotatable bonds is 2. The van der Waals surface area contributed by atoms with Gasteiger partial charge >= 0.3 is 0 Å². The topological polar surface area (TPSA) is 12.0 Å². The first-order chi connectivity index (χ1) is 9.22. The number of para-hydroxylation sites is 1. The van der Waals surface area contributed by atoms with Crippen molar-refractivity contribution in [3.8, 4) is 0 Å². The number of hydrogen-bond acceptors (Lipinski definition) is 1. The molecule has 19 heavy (non-hydrogen) atoms. The molecule has 0 saturated heterocycles. The minimum atomic E-state index is -0.521. The maximum Gasteiger partial charge on any atom is 0.126 e. The lowest BCUT2D eigenvalue weighted by atomic mass is 9.95. The first kappa shape index (κ1) is 12.2. The summed E-state index contributed by atoms with van der Waals surface area (Å²) in [5.74, 6) is -1.04. The summed E-state index contributed by atoms with van der Waals surface area (Å²) >= 11 is 0. The second-order valence-corrected chi connectivity index (χ2v) is 4.94. The molecule has 3 heteroatoms. The minimum absolute atomic E-state index is 0.521. The van der Waals surface area contributed by atoms with Gasteiger partial charge in [0.2, 0.25) is 0 Å². The molecule has 1 N–H and O–H groups in total. The Balaban J connectivity index is 1.95. The molecule has 0 radical (unpaired) electrons. The van der Waals surface area contributed by atoms with E-state index in [1.54, 1.807) is 0 Å². The van der Waals surface area contributed by atoms with E-state index in [1.807, 2.05) is 12.1 Å². The second kappa shape index (κ2) is 5.00. The molecule has 0 fully saturated rings. The zero-order valence-corrected chi connectivity index (χ0v) is 10.5. The van der Waals surface area contributed by atoms with Gasteiger partial charge in [0.05, 0.1) is 0 Å². The van der Waals surface area contributed by atoms with Crippen molar-refractivity contribution in [2.75, 3.05) is 11.9 Å². The SMILES string of the molecule is Fc1cc(F)cc(Cc2cccc3c2NCCC3)c1. The normalized spacial score (nSPS) is 13.8. The summed E-state index contributed by atoms with van der Waals surface area (Å²) in [5.41, 5.74) is 4.19. The average Bonchev–Trinajstić information content (AvgIpc) is 2.38. The molecule has 0 aliphatic carbocycles. The van der Waals surface area contributed by atoms with Crippen LogP contribution in [-0.2, 0) is 12.8 Å². The monoisotopic (exact) mass is 259 g/mol. The smallest absolute Gasteiger partial charge is 0.126 e. The van der Waals surface area contributed by atoms with Gasteiger partial charge in [-0.05, 0) is 48.1 Å². The van der Waals surface area contributed by atoms with Crippen LogP contribution in [0.4, 0.5) is 14.5 Å². The van der Waals surface area contributed by atoms with Crippen LogP contribution in [-0.4, -0.2) is 6.54 Å². The van der Waals surface area contributed by atoms with Crippen molar-refractivity contribution in [1.82, 2.24) is 0 Å². The first-order valence-electron chi connectivity index (χ1n) is 6.52. The van der Waals surface area contributed by atoms with Gasteiger partial charge < -0.3 is 5.32 Å². The Morgan fingerprint density at radius 2 is 1.84 bits per heavy atom. The molecule has 2 aromatic carbocycles. The van der Waals surface area contributed by atoms with Crippen LogP contribution in [0, 0.1) is 11.6 Å². The van der Waals surface area contributed by atoms with Gasteiger partial charge in [-0.25, -0.2) is 8.78 Å². The summed E-state index contributed by atoms with van der Waals surface area (Å²) in [6, 6.07) is 9.83. The Labute approximate surface area is 111 Å². The van der Waals surface area contributed by atoms with E-state index >= 15 is 0 Å². The van der Waals surface area contributed by atoms with Gasteiger partial charge in [0, 0.05) is 18.3 Å². The van der Waals surface area contributed by atoms with Crippen molar-refractivity contribution in [2.45, 2.75) is 19.3 Å². The van der Waals surface area contributed by atoms with Crippen molar-refractivity contribution in [2.24, 2.45) is 0 Å². The fraction of sp³-hybridized carbons (Fsp3) is 0.250. The van der Waals surface area contributed by atoms with Crippen LogP contribution in [0.3, 0.4) is 0 Å².